The fraction of sp³-hybridized carbons (Fsp3) is 0.462. The number of benzene rings is 1. The smallest absolute Gasteiger partial charge is 0.246 e. The molecule has 1 atom stereocenters. The van der Waals surface area contributed by atoms with Gasteiger partial charge in [-0.05, 0) is 24.6 Å². The predicted molar refractivity (Wildman–Crippen MR) is 71.2 cm³/mol. The van der Waals surface area contributed by atoms with Gasteiger partial charge in [-0.2, -0.15) is 0 Å². The maximum Gasteiger partial charge on any atom is 0.246 e. The Balaban J connectivity index is 0.00000121. The summed E-state index contributed by atoms with van der Waals surface area (Å²) < 4.78 is 4.73. The van der Waals surface area contributed by atoms with Crippen LogP contribution in [0.5, 0.6) is 0 Å². The molecule has 1 rings (SSSR count). The summed E-state index contributed by atoms with van der Waals surface area (Å²) in [6.07, 6.45) is 0. The third-order valence-corrected chi connectivity index (χ3v) is 2.27. The molecule has 0 aliphatic heterocycles. The van der Waals surface area contributed by atoms with Gasteiger partial charge in [0.1, 0.15) is 6.61 Å². The van der Waals surface area contributed by atoms with Crippen molar-refractivity contribution in [2.45, 2.75) is 26.8 Å². The summed E-state index contributed by atoms with van der Waals surface area (Å²) in [6.45, 7) is 5.99. The molecule has 1 amide bonds. The topological polar surface area (TPSA) is 38.3 Å². The number of carbonyl (C=O) groups is 1. The van der Waals surface area contributed by atoms with Crippen LogP contribution in [0.4, 0.5) is 0 Å². The zero-order valence-corrected chi connectivity index (χ0v) is 11.5. The van der Waals surface area contributed by atoms with Gasteiger partial charge < -0.3 is 10.1 Å². The number of rotatable bonds is 4. The van der Waals surface area contributed by atoms with Gasteiger partial charge in [0.05, 0.1) is 6.04 Å². The van der Waals surface area contributed by atoms with E-state index in [2.05, 4.69) is 5.32 Å². The van der Waals surface area contributed by atoms with Crippen molar-refractivity contribution in [3.05, 3.63) is 34.9 Å². The highest BCUT2D eigenvalue weighted by atomic mass is 35.5. The van der Waals surface area contributed by atoms with Gasteiger partial charge in [0.15, 0.2) is 0 Å². The summed E-state index contributed by atoms with van der Waals surface area (Å²) in [6, 6.07) is 7.34. The van der Waals surface area contributed by atoms with Crippen LogP contribution in [0, 0.1) is 0 Å². The molecule has 0 radical (unpaired) electrons. The molecule has 1 unspecified atom stereocenters. The highest BCUT2D eigenvalue weighted by Crippen LogP contribution is 2.15. The second-order valence-corrected chi connectivity index (χ2v) is 3.71. The van der Waals surface area contributed by atoms with E-state index in [0.717, 1.165) is 5.56 Å². The minimum atomic E-state index is -0.125. The lowest BCUT2D eigenvalue weighted by Gasteiger charge is -2.13. The van der Waals surface area contributed by atoms with Crippen LogP contribution < -0.4 is 5.32 Å². The SMILES string of the molecule is CC.COCC(=O)NC(C)c1ccc(Cl)cc1. The zero-order chi connectivity index (χ0) is 13.3. The lowest BCUT2D eigenvalue weighted by molar-refractivity contribution is -0.125. The summed E-state index contributed by atoms with van der Waals surface area (Å²) >= 11 is 5.76. The second-order valence-electron chi connectivity index (χ2n) is 3.27. The molecule has 0 saturated carbocycles. The largest absolute Gasteiger partial charge is 0.375 e. The number of carbonyl (C=O) groups excluding carboxylic acids is 1. The molecule has 17 heavy (non-hydrogen) atoms. The van der Waals surface area contributed by atoms with Gasteiger partial charge in [-0.25, -0.2) is 0 Å². The first-order valence-electron chi connectivity index (χ1n) is 5.67. The third-order valence-electron chi connectivity index (χ3n) is 2.02. The van der Waals surface area contributed by atoms with E-state index >= 15 is 0 Å². The molecule has 1 N–H and O–H groups in total. The molecule has 1 aromatic rings. The highest BCUT2D eigenvalue weighted by molar-refractivity contribution is 6.30. The Kier molecular flexibility index (Phi) is 8.46. The van der Waals surface area contributed by atoms with Gasteiger partial charge in [-0.15, -0.1) is 0 Å². The van der Waals surface area contributed by atoms with E-state index in [0.29, 0.717) is 5.02 Å². The lowest BCUT2D eigenvalue weighted by atomic mass is 10.1. The van der Waals surface area contributed by atoms with E-state index in [9.17, 15) is 4.79 Å². The number of nitrogens with one attached hydrogen (secondary N) is 1. The quantitative estimate of drug-likeness (QED) is 0.900. The molecule has 0 saturated heterocycles. The summed E-state index contributed by atoms with van der Waals surface area (Å²) in [5.41, 5.74) is 1.02. The molecule has 0 aliphatic carbocycles. The van der Waals surface area contributed by atoms with Crippen molar-refractivity contribution in [3.8, 4) is 0 Å². The van der Waals surface area contributed by atoms with Crippen molar-refractivity contribution >= 4 is 17.5 Å². The molecule has 0 heterocycles. The Hall–Kier alpha value is -1.06. The Morgan fingerprint density at radius 1 is 1.35 bits per heavy atom. The van der Waals surface area contributed by atoms with E-state index < -0.39 is 0 Å². The van der Waals surface area contributed by atoms with Crippen LogP contribution >= 0.6 is 11.6 Å². The average Bonchev–Trinajstić information content (AvgIpc) is 2.32. The van der Waals surface area contributed by atoms with Crippen molar-refractivity contribution in [2.75, 3.05) is 13.7 Å². The van der Waals surface area contributed by atoms with Crippen LogP contribution in [-0.2, 0) is 9.53 Å². The fourth-order valence-corrected chi connectivity index (χ4v) is 1.38. The maximum absolute atomic E-state index is 11.2. The first-order valence-corrected chi connectivity index (χ1v) is 6.05. The number of hydrogen-bond acceptors (Lipinski definition) is 2. The molecule has 4 heteroatoms. The van der Waals surface area contributed by atoms with Gasteiger partial charge in [-0.1, -0.05) is 37.6 Å². The van der Waals surface area contributed by atoms with E-state index in [-0.39, 0.29) is 18.6 Å². The number of amides is 1. The molecule has 1 aromatic carbocycles. The molecule has 3 nitrogen and oxygen atoms in total. The van der Waals surface area contributed by atoms with Crippen molar-refractivity contribution < 1.29 is 9.53 Å². The first-order chi connectivity index (χ1) is 8.13. The molecule has 0 aliphatic rings. The zero-order valence-electron chi connectivity index (χ0n) is 10.8. The molecule has 0 aromatic heterocycles. The van der Waals surface area contributed by atoms with Crippen molar-refractivity contribution in [1.82, 2.24) is 5.32 Å². The third kappa shape index (κ3) is 6.29. The molecule has 0 spiro atoms. The highest BCUT2D eigenvalue weighted by Gasteiger charge is 2.08. The van der Waals surface area contributed by atoms with Crippen LogP contribution in [0.15, 0.2) is 24.3 Å². The maximum atomic E-state index is 11.2. The van der Waals surface area contributed by atoms with Crippen LogP contribution in [0.1, 0.15) is 32.4 Å². The van der Waals surface area contributed by atoms with Gasteiger partial charge in [-0.3, -0.25) is 4.79 Å². The van der Waals surface area contributed by atoms with Crippen LogP contribution in [0.3, 0.4) is 0 Å². The number of hydrogen-bond donors (Lipinski definition) is 1. The Bertz CT molecular complexity index is 325. The van der Waals surface area contributed by atoms with Crippen molar-refractivity contribution in [2.24, 2.45) is 0 Å². The average molecular weight is 258 g/mol. The Morgan fingerprint density at radius 2 is 1.88 bits per heavy atom. The standard InChI is InChI=1S/C11H14ClNO2.C2H6/c1-8(13-11(14)7-15-2)9-3-5-10(12)6-4-9;1-2/h3-6,8H,7H2,1-2H3,(H,13,14);1-2H3. The van der Waals surface area contributed by atoms with Gasteiger partial charge in [0.2, 0.25) is 5.91 Å². The van der Waals surface area contributed by atoms with Crippen molar-refractivity contribution in [1.29, 1.82) is 0 Å². The number of ether oxygens (including phenoxy) is 1. The predicted octanol–water partition coefficient (Wildman–Crippen LogP) is 3.19. The monoisotopic (exact) mass is 257 g/mol. The van der Waals surface area contributed by atoms with Gasteiger partial charge in [0.25, 0.3) is 0 Å². The number of halogens is 1. The first kappa shape index (κ1) is 15.9. The van der Waals surface area contributed by atoms with E-state index in [1.54, 1.807) is 12.1 Å². The summed E-state index contributed by atoms with van der Waals surface area (Å²) in [7, 11) is 1.49. The molecular weight excluding hydrogens is 238 g/mol. The van der Waals surface area contributed by atoms with Gasteiger partial charge >= 0.3 is 0 Å². The molecular formula is C13H20ClNO2. The van der Waals surface area contributed by atoms with E-state index in [1.807, 2.05) is 32.9 Å². The Labute approximate surface area is 108 Å². The summed E-state index contributed by atoms with van der Waals surface area (Å²) in [5, 5.41) is 3.50. The summed E-state index contributed by atoms with van der Waals surface area (Å²) in [5.74, 6) is -0.125. The normalized spacial score (nSPS) is 11.1. The van der Waals surface area contributed by atoms with E-state index in [4.69, 9.17) is 16.3 Å². The lowest BCUT2D eigenvalue weighted by Crippen LogP contribution is -2.29. The van der Waals surface area contributed by atoms with E-state index in [1.165, 1.54) is 7.11 Å². The molecule has 96 valence electrons. The Morgan fingerprint density at radius 3 is 2.35 bits per heavy atom. The second kappa shape index (κ2) is 9.02. The molecule has 0 fully saturated rings. The minimum Gasteiger partial charge on any atom is -0.375 e. The summed E-state index contributed by atoms with van der Waals surface area (Å²) in [4.78, 5) is 11.2. The molecule has 0 bridgehead atoms. The number of methoxy groups -OCH3 is 1. The fourth-order valence-electron chi connectivity index (χ4n) is 1.25. The van der Waals surface area contributed by atoms with Crippen LogP contribution in [-0.4, -0.2) is 19.6 Å². The van der Waals surface area contributed by atoms with Crippen LogP contribution in [0.25, 0.3) is 0 Å². The van der Waals surface area contributed by atoms with Crippen LogP contribution in [0.2, 0.25) is 5.02 Å². The van der Waals surface area contributed by atoms with Gasteiger partial charge in [0, 0.05) is 12.1 Å². The minimum absolute atomic E-state index is 0.0371. The van der Waals surface area contributed by atoms with Crippen molar-refractivity contribution in [3.63, 3.8) is 0 Å².